The number of benzene rings is 1. The monoisotopic (exact) mass is 263 g/mol. The highest BCUT2D eigenvalue weighted by atomic mass is 19.1. The van der Waals surface area contributed by atoms with Crippen LogP contribution in [0.4, 0.5) is 4.39 Å². The second kappa shape index (κ2) is 5.67. The standard InChI is InChI=1S/C13H14FN3O2/c1-19-10-2-3-11(12(14)6-10)13(18)17-5-4-16-8-9(17)7-15/h2-3,6,9,16H,4-5,8H2,1H3. The number of nitriles is 1. The van der Waals surface area contributed by atoms with Gasteiger partial charge in [0.2, 0.25) is 0 Å². The fraction of sp³-hybridized carbons (Fsp3) is 0.385. The molecule has 1 aromatic rings. The summed E-state index contributed by atoms with van der Waals surface area (Å²) in [5, 5.41) is 12.0. The van der Waals surface area contributed by atoms with Crippen LogP contribution in [0, 0.1) is 17.1 Å². The lowest BCUT2D eigenvalue weighted by Gasteiger charge is -2.32. The molecule has 1 amide bonds. The molecule has 0 aromatic heterocycles. The van der Waals surface area contributed by atoms with E-state index >= 15 is 0 Å². The SMILES string of the molecule is COc1ccc(C(=O)N2CCNCC2C#N)c(F)c1. The number of piperazine rings is 1. The lowest BCUT2D eigenvalue weighted by molar-refractivity contribution is 0.0682. The molecule has 1 unspecified atom stereocenters. The van der Waals surface area contributed by atoms with Crippen molar-refractivity contribution in [3.8, 4) is 11.8 Å². The van der Waals surface area contributed by atoms with Gasteiger partial charge in [-0.1, -0.05) is 0 Å². The molecule has 1 aliphatic heterocycles. The van der Waals surface area contributed by atoms with E-state index < -0.39 is 17.8 Å². The van der Waals surface area contributed by atoms with Gasteiger partial charge in [0, 0.05) is 25.7 Å². The zero-order valence-electron chi connectivity index (χ0n) is 10.5. The van der Waals surface area contributed by atoms with Crippen LogP contribution in [0.5, 0.6) is 5.75 Å². The summed E-state index contributed by atoms with van der Waals surface area (Å²) in [6.07, 6.45) is 0. The van der Waals surface area contributed by atoms with E-state index in [0.717, 1.165) is 6.07 Å². The van der Waals surface area contributed by atoms with Crippen molar-refractivity contribution < 1.29 is 13.9 Å². The third kappa shape index (κ3) is 2.66. The quantitative estimate of drug-likeness (QED) is 0.856. The van der Waals surface area contributed by atoms with Crippen molar-refractivity contribution in [3.63, 3.8) is 0 Å². The molecular weight excluding hydrogens is 249 g/mol. The first-order chi connectivity index (χ1) is 9.17. The van der Waals surface area contributed by atoms with Gasteiger partial charge in [-0.2, -0.15) is 5.26 Å². The number of carbonyl (C=O) groups excluding carboxylic acids is 1. The van der Waals surface area contributed by atoms with Gasteiger partial charge >= 0.3 is 0 Å². The van der Waals surface area contributed by atoms with Crippen molar-refractivity contribution in [2.75, 3.05) is 26.7 Å². The number of halogens is 1. The molecule has 1 fully saturated rings. The van der Waals surface area contributed by atoms with Crippen LogP contribution in [0.3, 0.4) is 0 Å². The molecule has 1 heterocycles. The first-order valence-electron chi connectivity index (χ1n) is 5.92. The molecule has 0 aliphatic carbocycles. The molecule has 0 radical (unpaired) electrons. The molecule has 1 atom stereocenters. The molecule has 19 heavy (non-hydrogen) atoms. The molecule has 100 valence electrons. The molecule has 1 aromatic carbocycles. The lowest BCUT2D eigenvalue weighted by Crippen LogP contribution is -2.53. The topological polar surface area (TPSA) is 65.4 Å². The molecule has 1 aliphatic rings. The van der Waals surface area contributed by atoms with Gasteiger partial charge < -0.3 is 15.0 Å². The van der Waals surface area contributed by atoms with Crippen molar-refractivity contribution in [3.05, 3.63) is 29.6 Å². The second-order valence-electron chi connectivity index (χ2n) is 4.19. The van der Waals surface area contributed by atoms with E-state index in [0.29, 0.717) is 25.4 Å². The van der Waals surface area contributed by atoms with Crippen LogP contribution in [0.1, 0.15) is 10.4 Å². The van der Waals surface area contributed by atoms with E-state index in [1.165, 1.54) is 24.1 Å². The minimum absolute atomic E-state index is 0.0389. The Labute approximate surface area is 110 Å². The summed E-state index contributed by atoms with van der Waals surface area (Å²) in [7, 11) is 1.43. The maximum Gasteiger partial charge on any atom is 0.257 e. The van der Waals surface area contributed by atoms with Crippen LogP contribution in [0.15, 0.2) is 18.2 Å². The van der Waals surface area contributed by atoms with Gasteiger partial charge in [0.1, 0.15) is 17.6 Å². The summed E-state index contributed by atoms with van der Waals surface area (Å²) in [4.78, 5) is 13.6. The van der Waals surface area contributed by atoms with Crippen LogP contribution in [0.2, 0.25) is 0 Å². The number of methoxy groups -OCH3 is 1. The predicted octanol–water partition coefficient (Wildman–Crippen LogP) is 0.772. The fourth-order valence-electron chi connectivity index (χ4n) is 2.01. The number of nitrogens with one attached hydrogen (secondary N) is 1. The first-order valence-corrected chi connectivity index (χ1v) is 5.92. The zero-order valence-corrected chi connectivity index (χ0v) is 10.5. The molecule has 1 saturated heterocycles. The third-order valence-electron chi connectivity index (χ3n) is 3.06. The number of amides is 1. The van der Waals surface area contributed by atoms with Gasteiger partial charge in [-0.15, -0.1) is 0 Å². The van der Waals surface area contributed by atoms with Crippen LogP contribution in [-0.4, -0.2) is 43.6 Å². The van der Waals surface area contributed by atoms with E-state index in [2.05, 4.69) is 5.32 Å². The van der Waals surface area contributed by atoms with E-state index in [4.69, 9.17) is 10.00 Å². The van der Waals surface area contributed by atoms with Crippen LogP contribution in [-0.2, 0) is 0 Å². The summed E-state index contributed by atoms with van der Waals surface area (Å²) in [6, 6.07) is 5.55. The number of carbonyl (C=O) groups is 1. The second-order valence-corrected chi connectivity index (χ2v) is 4.19. The van der Waals surface area contributed by atoms with Crippen molar-refractivity contribution in [2.45, 2.75) is 6.04 Å². The maximum atomic E-state index is 13.8. The Bertz CT molecular complexity index is 527. The summed E-state index contributed by atoms with van der Waals surface area (Å²) >= 11 is 0. The zero-order chi connectivity index (χ0) is 13.8. The van der Waals surface area contributed by atoms with Gasteiger partial charge in [0.05, 0.1) is 18.7 Å². The largest absolute Gasteiger partial charge is 0.497 e. The first kappa shape index (κ1) is 13.3. The molecule has 1 N–H and O–H groups in total. The molecule has 0 saturated carbocycles. The van der Waals surface area contributed by atoms with E-state index in [-0.39, 0.29) is 5.56 Å². The molecule has 6 heteroatoms. The van der Waals surface area contributed by atoms with Gasteiger partial charge in [-0.3, -0.25) is 4.79 Å². The highest BCUT2D eigenvalue weighted by Gasteiger charge is 2.28. The fourth-order valence-corrected chi connectivity index (χ4v) is 2.01. The number of hydrogen-bond acceptors (Lipinski definition) is 4. The van der Waals surface area contributed by atoms with Crippen LogP contribution < -0.4 is 10.1 Å². The highest BCUT2D eigenvalue weighted by Crippen LogP contribution is 2.19. The maximum absolute atomic E-state index is 13.8. The number of ether oxygens (including phenoxy) is 1. The predicted molar refractivity (Wildman–Crippen MR) is 66.3 cm³/mol. The van der Waals surface area contributed by atoms with Crippen molar-refractivity contribution in [2.24, 2.45) is 0 Å². The summed E-state index contributed by atoms with van der Waals surface area (Å²) < 4.78 is 18.7. The Balaban J connectivity index is 2.26. The van der Waals surface area contributed by atoms with E-state index in [1.54, 1.807) is 0 Å². The Kier molecular flexibility index (Phi) is 3.97. The van der Waals surface area contributed by atoms with E-state index in [1.807, 2.05) is 6.07 Å². The number of nitrogens with zero attached hydrogens (tertiary/aromatic N) is 2. The molecule has 2 rings (SSSR count). The van der Waals surface area contributed by atoms with Gasteiger partial charge in [0.25, 0.3) is 5.91 Å². The Morgan fingerprint density at radius 3 is 3.05 bits per heavy atom. The average molecular weight is 263 g/mol. The Morgan fingerprint density at radius 2 is 2.42 bits per heavy atom. The highest BCUT2D eigenvalue weighted by molar-refractivity contribution is 5.95. The normalized spacial score (nSPS) is 18.8. The Hall–Kier alpha value is -2.13. The van der Waals surface area contributed by atoms with Crippen molar-refractivity contribution in [1.82, 2.24) is 10.2 Å². The average Bonchev–Trinajstić information content (AvgIpc) is 2.46. The summed E-state index contributed by atoms with van der Waals surface area (Å²) in [5.41, 5.74) is -0.0389. The molecule has 0 bridgehead atoms. The summed E-state index contributed by atoms with van der Waals surface area (Å²) in [6.45, 7) is 1.39. The van der Waals surface area contributed by atoms with Gasteiger partial charge in [0.15, 0.2) is 0 Å². The summed E-state index contributed by atoms with van der Waals surface area (Å²) in [5.74, 6) is -0.751. The van der Waals surface area contributed by atoms with Gasteiger partial charge in [-0.05, 0) is 12.1 Å². The van der Waals surface area contributed by atoms with Crippen LogP contribution >= 0.6 is 0 Å². The number of hydrogen-bond donors (Lipinski definition) is 1. The van der Waals surface area contributed by atoms with Crippen LogP contribution in [0.25, 0.3) is 0 Å². The Morgan fingerprint density at radius 1 is 1.63 bits per heavy atom. The van der Waals surface area contributed by atoms with Crippen molar-refractivity contribution in [1.29, 1.82) is 5.26 Å². The van der Waals surface area contributed by atoms with E-state index in [9.17, 15) is 9.18 Å². The minimum Gasteiger partial charge on any atom is -0.497 e. The molecule has 0 spiro atoms. The minimum atomic E-state index is -0.639. The lowest BCUT2D eigenvalue weighted by atomic mass is 10.1. The smallest absolute Gasteiger partial charge is 0.257 e. The molecular formula is C13H14FN3O2. The third-order valence-corrected chi connectivity index (χ3v) is 3.06. The van der Waals surface area contributed by atoms with Gasteiger partial charge in [-0.25, -0.2) is 4.39 Å². The van der Waals surface area contributed by atoms with Crippen molar-refractivity contribution >= 4 is 5.91 Å². The number of rotatable bonds is 2. The molecule has 5 nitrogen and oxygen atoms in total.